The van der Waals surface area contributed by atoms with Gasteiger partial charge < -0.3 is 28.5 Å². The second-order valence-corrected chi connectivity index (χ2v) is 5.65. The van der Waals surface area contributed by atoms with Gasteiger partial charge in [0, 0.05) is 21.1 Å². The molecule has 0 heterocycles. The summed E-state index contributed by atoms with van der Waals surface area (Å²) in [7, 11) is 0. The normalized spacial score (nSPS) is 10.7. The van der Waals surface area contributed by atoms with Gasteiger partial charge in [-0.15, -0.1) is 0 Å². The minimum Gasteiger partial charge on any atom is -1.00 e. The molecule has 19 heavy (non-hydrogen) atoms. The van der Waals surface area contributed by atoms with Crippen LogP contribution in [0.15, 0.2) is 0 Å². The molecule has 0 aliphatic carbocycles. The Morgan fingerprint density at radius 1 is 0.526 bits per heavy atom. The van der Waals surface area contributed by atoms with Crippen molar-refractivity contribution in [1.82, 2.24) is 0 Å². The largest absolute Gasteiger partial charge is 1.00 e. The van der Waals surface area contributed by atoms with Gasteiger partial charge in [0.05, 0.1) is 26.2 Å². The van der Waals surface area contributed by atoms with Crippen LogP contribution in [0.1, 0.15) is 79.1 Å². The molecule has 0 unspecified atom stereocenters. The van der Waals surface area contributed by atoms with Crippen molar-refractivity contribution in [2.24, 2.45) is 0 Å². The zero-order valence-electron chi connectivity index (χ0n) is 13.7. The van der Waals surface area contributed by atoms with Gasteiger partial charge in [0.2, 0.25) is 0 Å². The van der Waals surface area contributed by atoms with Crippen molar-refractivity contribution in [3.63, 3.8) is 0 Å². The van der Waals surface area contributed by atoms with Gasteiger partial charge in [-0.05, 0) is 25.7 Å². The van der Waals surface area contributed by atoms with E-state index in [1.807, 2.05) is 0 Å². The predicted molar refractivity (Wildman–Crippen MR) is 79.4 cm³/mol. The fourth-order valence-corrected chi connectivity index (χ4v) is 2.64. The number of rotatable bonds is 12. The summed E-state index contributed by atoms with van der Waals surface area (Å²) in [5, 5.41) is 0. The van der Waals surface area contributed by atoms with Gasteiger partial charge in [-0.2, -0.15) is 0 Å². The van der Waals surface area contributed by atoms with Gasteiger partial charge in [0.1, 0.15) is 0 Å². The first-order valence-electron chi connectivity index (χ1n) is 8.09. The number of quaternary nitrogens is 1. The molecule has 0 spiro atoms. The quantitative estimate of drug-likeness (QED) is 0.257. The van der Waals surface area contributed by atoms with Gasteiger partial charge in [-0.1, -0.05) is 53.4 Å². The molecule has 0 fully saturated rings. The number of hydrogen-bond donors (Lipinski definition) is 0. The molecule has 0 aromatic heterocycles. The van der Waals surface area contributed by atoms with Crippen LogP contribution in [0.2, 0.25) is 0 Å². The third-order valence-electron chi connectivity index (χ3n) is 3.94. The van der Waals surface area contributed by atoms with E-state index in [0.29, 0.717) is 0 Å². The van der Waals surface area contributed by atoms with Crippen molar-refractivity contribution >= 4 is 0 Å². The Hall–Kier alpha value is 1.38. The Labute approximate surface area is 154 Å². The predicted octanol–water partition coefficient (Wildman–Crippen LogP) is 2.01. The van der Waals surface area contributed by atoms with E-state index in [1.54, 1.807) is 0 Å². The second-order valence-electron chi connectivity index (χ2n) is 5.65. The summed E-state index contributed by atoms with van der Waals surface area (Å²) in [6.07, 6.45) is 11.1. The van der Waals surface area contributed by atoms with Crippen molar-refractivity contribution < 1.29 is 49.5 Å². The van der Waals surface area contributed by atoms with Gasteiger partial charge in [-0.25, -0.2) is 0 Å². The SMILES string of the molecule is CCCC[N+](CCCC)(CCCC)CCCC.[I-].[W]. The molecule has 1 nitrogen and oxygen atoms in total. The Bertz CT molecular complexity index is 127. The van der Waals surface area contributed by atoms with Crippen LogP contribution < -0.4 is 24.0 Å². The van der Waals surface area contributed by atoms with Crippen molar-refractivity contribution in [2.75, 3.05) is 26.2 Å². The summed E-state index contributed by atoms with van der Waals surface area (Å²) in [6, 6.07) is 0. The molecule has 0 amide bonds. The van der Waals surface area contributed by atoms with Crippen molar-refractivity contribution in [2.45, 2.75) is 79.1 Å². The summed E-state index contributed by atoms with van der Waals surface area (Å²) >= 11 is 0. The zero-order valence-corrected chi connectivity index (χ0v) is 18.8. The molecule has 0 aromatic carbocycles. The first-order valence-corrected chi connectivity index (χ1v) is 8.09. The fourth-order valence-electron chi connectivity index (χ4n) is 2.64. The Balaban J connectivity index is -0.00000128. The topological polar surface area (TPSA) is 0 Å². The molecular weight excluding hydrogens is 517 g/mol. The number of halogens is 1. The molecule has 0 rings (SSSR count). The summed E-state index contributed by atoms with van der Waals surface area (Å²) < 4.78 is 1.42. The first kappa shape index (κ1) is 25.3. The maximum atomic E-state index is 2.33. The number of hydrogen-bond acceptors (Lipinski definition) is 0. The summed E-state index contributed by atoms with van der Waals surface area (Å²) in [5.74, 6) is 0. The maximum Gasteiger partial charge on any atom is 0.0786 e. The van der Waals surface area contributed by atoms with E-state index in [0.717, 1.165) is 0 Å². The average Bonchev–Trinajstić information content (AvgIpc) is 2.37. The molecule has 3 heteroatoms. The standard InChI is InChI=1S/C16H36N.HI.W/c1-5-9-13-17(14-10-6-2,15-11-7-3)16-12-8-4;;/h5-16H2,1-4H3;1H;/q+1;;/p-1. The third-order valence-corrected chi connectivity index (χ3v) is 3.94. The second kappa shape index (κ2) is 17.4. The van der Waals surface area contributed by atoms with Crippen LogP contribution >= 0.6 is 0 Å². The van der Waals surface area contributed by atoms with Crippen LogP contribution in [0, 0.1) is 0 Å². The number of unbranched alkanes of at least 4 members (excludes halogenated alkanes) is 4. The molecule has 0 aliphatic heterocycles. The fraction of sp³-hybridized carbons (Fsp3) is 1.00. The molecule has 0 saturated heterocycles. The Morgan fingerprint density at radius 2 is 0.737 bits per heavy atom. The van der Waals surface area contributed by atoms with Crippen LogP contribution in [-0.4, -0.2) is 30.7 Å². The number of nitrogens with zero attached hydrogens (tertiary/aromatic N) is 1. The molecule has 118 valence electrons. The van der Waals surface area contributed by atoms with Gasteiger partial charge in [-0.3, -0.25) is 0 Å². The van der Waals surface area contributed by atoms with Gasteiger partial charge >= 0.3 is 0 Å². The third kappa shape index (κ3) is 12.8. The van der Waals surface area contributed by atoms with Crippen molar-refractivity contribution in [3.8, 4) is 0 Å². The monoisotopic (exact) mass is 553 g/mol. The minimum absolute atomic E-state index is 0. The van der Waals surface area contributed by atoms with E-state index >= 15 is 0 Å². The zero-order chi connectivity index (χ0) is 13.0. The smallest absolute Gasteiger partial charge is 0.0786 e. The van der Waals surface area contributed by atoms with E-state index < -0.39 is 0 Å². The molecular formula is C16H36INW. The van der Waals surface area contributed by atoms with Crippen molar-refractivity contribution in [3.05, 3.63) is 0 Å². The van der Waals surface area contributed by atoms with E-state index in [1.165, 1.54) is 82.0 Å². The average molecular weight is 553 g/mol. The summed E-state index contributed by atoms with van der Waals surface area (Å²) in [6.45, 7) is 15.0. The molecule has 0 N–H and O–H groups in total. The molecule has 0 radical (unpaired) electrons. The van der Waals surface area contributed by atoms with Crippen LogP contribution in [-0.2, 0) is 21.1 Å². The summed E-state index contributed by atoms with van der Waals surface area (Å²) in [5.41, 5.74) is 0. The summed E-state index contributed by atoms with van der Waals surface area (Å²) in [4.78, 5) is 0. The molecule has 0 aromatic rings. The van der Waals surface area contributed by atoms with Crippen LogP contribution in [0.3, 0.4) is 0 Å². The Kier molecular flexibility index (Phi) is 23.2. The van der Waals surface area contributed by atoms with Crippen LogP contribution in [0.5, 0.6) is 0 Å². The van der Waals surface area contributed by atoms with E-state index in [4.69, 9.17) is 0 Å². The van der Waals surface area contributed by atoms with Crippen LogP contribution in [0.25, 0.3) is 0 Å². The van der Waals surface area contributed by atoms with Crippen LogP contribution in [0.4, 0.5) is 0 Å². The molecule has 0 aliphatic rings. The minimum atomic E-state index is 0. The van der Waals surface area contributed by atoms with E-state index in [-0.39, 0.29) is 45.0 Å². The molecule has 0 bridgehead atoms. The molecule has 0 atom stereocenters. The maximum absolute atomic E-state index is 2.33. The van der Waals surface area contributed by atoms with Gasteiger partial charge in [0.25, 0.3) is 0 Å². The molecule has 0 saturated carbocycles. The first-order chi connectivity index (χ1) is 8.24. The Morgan fingerprint density at radius 3 is 0.895 bits per heavy atom. The van der Waals surface area contributed by atoms with Gasteiger partial charge in [0.15, 0.2) is 0 Å². The van der Waals surface area contributed by atoms with E-state index in [2.05, 4.69) is 27.7 Å². The van der Waals surface area contributed by atoms with Crippen molar-refractivity contribution in [1.29, 1.82) is 0 Å². The van der Waals surface area contributed by atoms with E-state index in [9.17, 15) is 0 Å².